The van der Waals surface area contributed by atoms with Gasteiger partial charge in [0.2, 0.25) is 5.91 Å². The first-order valence-electron chi connectivity index (χ1n) is 9.24. The summed E-state index contributed by atoms with van der Waals surface area (Å²) in [7, 11) is 0. The van der Waals surface area contributed by atoms with Crippen LogP contribution in [-0.2, 0) is 4.79 Å². The van der Waals surface area contributed by atoms with Gasteiger partial charge >= 0.3 is 0 Å². The number of hydrogen-bond donors (Lipinski definition) is 1. The summed E-state index contributed by atoms with van der Waals surface area (Å²) < 4.78 is 0. The molecule has 138 valence electrons. The standard InChI is InChI=1S/C19H24N4O3/c1-13-2-3-15-16(10-13)19(26)23(18(15)25)12-17(24)22-7-4-14(11-22)21-8-5-20-6-9-21/h2-3,10,14,20H,4-9,11-12H2,1H3. The summed E-state index contributed by atoms with van der Waals surface area (Å²) in [4.78, 5) is 43.0. The number of likely N-dealkylation sites (tertiary alicyclic amines) is 1. The highest BCUT2D eigenvalue weighted by Gasteiger charge is 2.38. The number of aryl methyl sites for hydroxylation is 1. The zero-order valence-corrected chi connectivity index (χ0v) is 15.0. The molecular formula is C19H24N4O3. The van der Waals surface area contributed by atoms with E-state index in [1.807, 2.05) is 13.0 Å². The molecule has 0 spiro atoms. The normalized spacial score (nSPS) is 23.7. The van der Waals surface area contributed by atoms with Crippen molar-refractivity contribution >= 4 is 17.7 Å². The number of carbonyl (C=O) groups excluding carboxylic acids is 3. The number of nitrogens with one attached hydrogen (secondary N) is 1. The monoisotopic (exact) mass is 356 g/mol. The van der Waals surface area contributed by atoms with E-state index in [1.54, 1.807) is 17.0 Å². The highest BCUT2D eigenvalue weighted by molar-refractivity contribution is 6.22. The van der Waals surface area contributed by atoms with Crippen molar-refractivity contribution in [2.24, 2.45) is 0 Å². The van der Waals surface area contributed by atoms with Crippen molar-refractivity contribution in [3.05, 3.63) is 34.9 Å². The number of nitrogens with zero attached hydrogens (tertiary/aromatic N) is 3. The zero-order chi connectivity index (χ0) is 18.3. The maximum absolute atomic E-state index is 12.7. The average Bonchev–Trinajstić information content (AvgIpc) is 3.23. The van der Waals surface area contributed by atoms with Gasteiger partial charge in [-0.05, 0) is 25.5 Å². The second kappa shape index (κ2) is 6.81. The smallest absolute Gasteiger partial charge is 0.262 e. The number of carbonyl (C=O) groups is 3. The van der Waals surface area contributed by atoms with E-state index in [4.69, 9.17) is 0 Å². The fraction of sp³-hybridized carbons (Fsp3) is 0.526. The van der Waals surface area contributed by atoms with Gasteiger partial charge < -0.3 is 10.2 Å². The lowest BCUT2D eigenvalue weighted by atomic mass is 10.1. The molecule has 0 aliphatic carbocycles. The first-order chi connectivity index (χ1) is 12.5. The Bertz CT molecular complexity index is 757. The largest absolute Gasteiger partial charge is 0.340 e. The van der Waals surface area contributed by atoms with E-state index in [9.17, 15) is 14.4 Å². The second-order valence-corrected chi connectivity index (χ2v) is 7.31. The zero-order valence-electron chi connectivity index (χ0n) is 15.0. The molecule has 7 heteroatoms. The summed E-state index contributed by atoms with van der Waals surface area (Å²) in [6, 6.07) is 5.58. The number of amides is 3. The summed E-state index contributed by atoms with van der Waals surface area (Å²) >= 11 is 0. The van der Waals surface area contributed by atoms with Crippen molar-refractivity contribution in [3.8, 4) is 0 Å². The Morgan fingerprint density at radius 1 is 1.12 bits per heavy atom. The average molecular weight is 356 g/mol. The summed E-state index contributed by atoms with van der Waals surface area (Å²) in [5.41, 5.74) is 1.73. The molecule has 3 aliphatic heterocycles. The summed E-state index contributed by atoms with van der Waals surface area (Å²) in [6.45, 7) is 7.07. The van der Waals surface area contributed by atoms with E-state index in [1.165, 1.54) is 0 Å². The molecule has 3 heterocycles. The molecule has 2 saturated heterocycles. The molecule has 1 aromatic rings. The summed E-state index contributed by atoms with van der Waals surface area (Å²) in [5.74, 6) is -0.870. The molecule has 0 aromatic heterocycles. The highest BCUT2D eigenvalue weighted by atomic mass is 16.2. The van der Waals surface area contributed by atoms with Crippen LogP contribution in [0.3, 0.4) is 0 Å². The predicted molar refractivity (Wildman–Crippen MR) is 96.0 cm³/mol. The first-order valence-corrected chi connectivity index (χ1v) is 9.24. The maximum atomic E-state index is 12.7. The SMILES string of the molecule is Cc1ccc2c(c1)C(=O)N(CC(=O)N1CCC(N3CCNCC3)C1)C2=O. The van der Waals surface area contributed by atoms with E-state index in [2.05, 4.69) is 10.2 Å². The van der Waals surface area contributed by atoms with Gasteiger partial charge in [0, 0.05) is 45.3 Å². The fourth-order valence-corrected chi connectivity index (χ4v) is 4.10. The van der Waals surface area contributed by atoms with E-state index in [-0.39, 0.29) is 24.3 Å². The number of benzene rings is 1. The lowest BCUT2D eigenvalue weighted by molar-refractivity contribution is -0.130. The van der Waals surface area contributed by atoms with E-state index in [0.717, 1.165) is 43.1 Å². The molecule has 3 amide bonds. The third-order valence-corrected chi connectivity index (χ3v) is 5.60. The van der Waals surface area contributed by atoms with Gasteiger partial charge in [0.05, 0.1) is 11.1 Å². The highest BCUT2D eigenvalue weighted by Crippen LogP contribution is 2.24. The minimum absolute atomic E-state index is 0.145. The van der Waals surface area contributed by atoms with Crippen LogP contribution < -0.4 is 5.32 Å². The molecule has 2 fully saturated rings. The van der Waals surface area contributed by atoms with Crippen LogP contribution in [0.1, 0.15) is 32.7 Å². The van der Waals surface area contributed by atoms with Gasteiger partial charge in [0.15, 0.2) is 0 Å². The van der Waals surface area contributed by atoms with E-state index in [0.29, 0.717) is 30.3 Å². The second-order valence-electron chi connectivity index (χ2n) is 7.31. The number of rotatable bonds is 3. The summed E-state index contributed by atoms with van der Waals surface area (Å²) in [6.07, 6.45) is 0.951. The van der Waals surface area contributed by atoms with Crippen LogP contribution in [0, 0.1) is 6.92 Å². The third-order valence-electron chi connectivity index (χ3n) is 5.60. The molecule has 0 radical (unpaired) electrons. The Balaban J connectivity index is 1.40. The van der Waals surface area contributed by atoms with Crippen molar-refractivity contribution in [1.29, 1.82) is 0 Å². The van der Waals surface area contributed by atoms with Crippen LogP contribution in [0.25, 0.3) is 0 Å². The predicted octanol–water partition coefficient (Wildman–Crippen LogP) is 0.0971. The van der Waals surface area contributed by atoms with Crippen molar-refractivity contribution in [3.63, 3.8) is 0 Å². The van der Waals surface area contributed by atoms with Crippen LogP contribution >= 0.6 is 0 Å². The molecular weight excluding hydrogens is 332 g/mol. The fourth-order valence-electron chi connectivity index (χ4n) is 4.10. The Kier molecular flexibility index (Phi) is 4.50. The van der Waals surface area contributed by atoms with E-state index < -0.39 is 0 Å². The molecule has 4 rings (SSSR count). The number of piperazine rings is 1. The molecule has 3 aliphatic rings. The maximum Gasteiger partial charge on any atom is 0.262 e. The van der Waals surface area contributed by atoms with E-state index >= 15 is 0 Å². The number of imide groups is 1. The van der Waals surface area contributed by atoms with Gasteiger partial charge in [-0.25, -0.2) is 0 Å². The van der Waals surface area contributed by atoms with Crippen molar-refractivity contribution < 1.29 is 14.4 Å². The van der Waals surface area contributed by atoms with Crippen LogP contribution in [0.2, 0.25) is 0 Å². The third kappa shape index (κ3) is 3.01. The van der Waals surface area contributed by atoms with Gasteiger partial charge in [0.1, 0.15) is 6.54 Å². The quantitative estimate of drug-likeness (QED) is 0.778. The molecule has 7 nitrogen and oxygen atoms in total. The van der Waals surface area contributed by atoms with Crippen LogP contribution in [0.5, 0.6) is 0 Å². The Morgan fingerprint density at radius 2 is 1.85 bits per heavy atom. The summed E-state index contributed by atoms with van der Waals surface area (Å²) in [5, 5.41) is 3.34. The molecule has 0 bridgehead atoms. The number of fused-ring (bicyclic) bond motifs is 1. The first kappa shape index (κ1) is 17.2. The van der Waals surface area contributed by atoms with Crippen LogP contribution in [0.4, 0.5) is 0 Å². The van der Waals surface area contributed by atoms with Gasteiger partial charge in [-0.1, -0.05) is 11.6 Å². The molecule has 0 saturated carbocycles. The number of hydrogen-bond acceptors (Lipinski definition) is 5. The van der Waals surface area contributed by atoms with Crippen molar-refractivity contribution in [1.82, 2.24) is 20.0 Å². The van der Waals surface area contributed by atoms with Crippen LogP contribution in [0.15, 0.2) is 18.2 Å². The Morgan fingerprint density at radius 3 is 2.62 bits per heavy atom. The molecule has 1 aromatic carbocycles. The van der Waals surface area contributed by atoms with Gasteiger partial charge in [0.25, 0.3) is 11.8 Å². The Labute approximate surface area is 152 Å². The van der Waals surface area contributed by atoms with Gasteiger partial charge in [-0.15, -0.1) is 0 Å². The molecule has 1 atom stereocenters. The molecule has 26 heavy (non-hydrogen) atoms. The van der Waals surface area contributed by atoms with Crippen molar-refractivity contribution in [2.45, 2.75) is 19.4 Å². The lowest BCUT2D eigenvalue weighted by Gasteiger charge is -2.32. The van der Waals surface area contributed by atoms with Gasteiger partial charge in [-0.3, -0.25) is 24.2 Å². The topological polar surface area (TPSA) is 73.0 Å². The van der Waals surface area contributed by atoms with Crippen LogP contribution in [-0.4, -0.2) is 84.3 Å². The van der Waals surface area contributed by atoms with Gasteiger partial charge in [-0.2, -0.15) is 0 Å². The molecule has 1 unspecified atom stereocenters. The lowest BCUT2D eigenvalue weighted by Crippen LogP contribution is -2.50. The van der Waals surface area contributed by atoms with Crippen molar-refractivity contribution in [2.75, 3.05) is 45.8 Å². The minimum atomic E-state index is -0.365. The molecule has 1 N–H and O–H groups in total. The minimum Gasteiger partial charge on any atom is -0.340 e. The Hall–Kier alpha value is -2.25.